The van der Waals surface area contributed by atoms with Crippen molar-refractivity contribution >= 4 is 17.9 Å². The molecule has 0 amide bonds. The lowest BCUT2D eigenvalue weighted by Gasteiger charge is -2.38. The van der Waals surface area contributed by atoms with Crippen LogP contribution in [-0.4, -0.2) is 88.4 Å². The average molecular weight is 773 g/mol. The average Bonchev–Trinajstić information content (AvgIpc) is 3.17. The number of hydrogen-bond donors (Lipinski definition) is 4. The molecule has 0 bridgehead atoms. The number of allylic oxidation sites excluding steroid dienone is 14. The summed E-state index contributed by atoms with van der Waals surface area (Å²) in [6, 6.07) is 0. The number of hydrogen-bond acceptors (Lipinski definition) is 10. The summed E-state index contributed by atoms with van der Waals surface area (Å²) < 4.78 is 21.5. The third-order valence-corrected chi connectivity index (χ3v) is 8.47. The van der Waals surface area contributed by atoms with Crippen LogP contribution in [0.5, 0.6) is 0 Å². The topological polar surface area (TPSA) is 169 Å². The monoisotopic (exact) mass is 772 g/mol. The van der Waals surface area contributed by atoms with Gasteiger partial charge in [0.2, 0.25) is 0 Å². The third-order valence-electron chi connectivity index (χ3n) is 8.47. The molecule has 55 heavy (non-hydrogen) atoms. The van der Waals surface area contributed by atoms with Gasteiger partial charge in [-0.25, -0.2) is 4.79 Å². The van der Waals surface area contributed by atoms with Gasteiger partial charge in [0.1, 0.15) is 24.9 Å². The van der Waals surface area contributed by atoms with E-state index in [0.717, 1.165) is 83.5 Å². The maximum atomic E-state index is 12.7. The van der Waals surface area contributed by atoms with Gasteiger partial charge in [-0.2, -0.15) is 0 Å². The number of ether oxygens (including phenoxy) is 4. The zero-order valence-electron chi connectivity index (χ0n) is 33.1. The van der Waals surface area contributed by atoms with Gasteiger partial charge < -0.3 is 39.4 Å². The molecule has 1 fully saturated rings. The molecule has 1 saturated heterocycles. The highest BCUT2D eigenvalue weighted by molar-refractivity contribution is 5.73. The maximum absolute atomic E-state index is 12.7. The molecule has 11 heteroatoms. The number of rotatable bonds is 31. The molecule has 1 rings (SSSR count). The van der Waals surface area contributed by atoms with Crippen molar-refractivity contribution in [1.82, 2.24) is 0 Å². The number of carboxylic acids is 1. The summed E-state index contributed by atoms with van der Waals surface area (Å²) in [4.78, 5) is 36.6. The second kappa shape index (κ2) is 33.7. The van der Waals surface area contributed by atoms with E-state index in [4.69, 9.17) is 18.9 Å². The van der Waals surface area contributed by atoms with Crippen molar-refractivity contribution in [2.75, 3.05) is 13.2 Å². The van der Waals surface area contributed by atoms with Crippen molar-refractivity contribution in [2.45, 2.75) is 160 Å². The molecule has 4 N–H and O–H groups in total. The standard InChI is InChI=1S/C44H68O11/c1-3-5-7-9-11-13-15-16-17-18-19-20-21-22-23-25-26-28-30-32-37(45)52-34-36(35-53-44-41(49)39(47)40(48)42(55-44)43(50)51)54-38(46)33-31-29-27-24-14-12-10-8-6-4-2/h5,7-8,10-11,13,16-17,19-20,22-23,26,28,36,39-42,44,47-49H,3-4,6,9,12,14-15,18,21,24-25,27,29-35H2,1-2H3,(H,50,51)/b7-5-,10-8-,13-11-,17-16-,20-19-,23-22-,28-26-. The summed E-state index contributed by atoms with van der Waals surface area (Å²) in [5.41, 5.74) is 0. The lowest BCUT2D eigenvalue weighted by atomic mass is 9.99. The molecule has 1 heterocycles. The van der Waals surface area contributed by atoms with Crippen LogP contribution >= 0.6 is 0 Å². The molecular weight excluding hydrogens is 704 g/mol. The number of carbonyl (C=O) groups is 3. The SMILES string of the molecule is CC/C=C\C/C=C\C/C=C\C/C=C\C/C=C\C/C=C\CCC(=O)OCC(COC1OC(C(=O)O)C(O)C(O)C1O)OC(=O)CCCCCCC/C=C\CCC. The fourth-order valence-electron chi connectivity index (χ4n) is 5.32. The van der Waals surface area contributed by atoms with Gasteiger partial charge in [0.25, 0.3) is 0 Å². The Morgan fingerprint density at radius 2 is 1.11 bits per heavy atom. The van der Waals surface area contributed by atoms with Gasteiger partial charge in [0, 0.05) is 12.8 Å². The fraction of sp³-hybridized carbons (Fsp3) is 0.614. The summed E-state index contributed by atoms with van der Waals surface area (Å²) in [5, 5.41) is 39.6. The first-order chi connectivity index (χ1) is 26.7. The van der Waals surface area contributed by atoms with Crippen LogP contribution in [0, 0.1) is 0 Å². The van der Waals surface area contributed by atoms with E-state index in [9.17, 15) is 34.8 Å². The highest BCUT2D eigenvalue weighted by Gasteiger charge is 2.47. The first-order valence-electron chi connectivity index (χ1n) is 20.1. The predicted molar refractivity (Wildman–Crippen MR) is 215 cm³/mol. The molecule has 0 radical (unpaired) electrons. The van der Waals surface area contributed by atoms with Crippen LogP contribution in [0.4, 0.5) is 0 Å². The Bertz CT molecular complexity index is 1230. The number of esters is 2. The van der Waals surface area contributed by atoms with Crippen molar-refractivity contribution in [2.24, 2.45) is 0 Å². The molecule has 310 valence electrons. The number of unbranched alkanes of at least 4 members (excludes halogenated alkanes) is 6. The van der Waals surface area contributed by atoms with E-state index in [2.05, 4.69) is 86.8 Å². The second-order valence-electron chi connectivity index (χ2n) is 13.4. The van der Waals surface area contributed by atoms with Gasteiger partial charge in [-0.15, -0.1) is 0 Å². The van der Waals surface area contributed by atoms with Crippen LogP contribution in [-0.2, 0) is 33.3 Å². The van der Waals surface area contributed by atoms with Crippen molar-refractivity contribution in [3.63, 3.8) is 0 Å². The van der Waals surface area contributed by atoms with Crippen LogP contribution in [0.1, 0.15) is 123 Å². The Kier molecular flexibility index (Phi) is 30.3. The first-order valence-corrected chi connectivity index (χ1v) is 20.1. The number of carboxylic acid groups (broad SMARTS) is 1. The molecule has 0 spiro atoms. The van der Waals surface area contributed by atoms with E-state index < -0.39 is 61.3 Å². The van der Waals surface area contributed by atoms with Crippen molar-refractivity contribution in [3.8, 4) is 0 Å². The van der Waals surface area contributed by atoms with Gasteiger partial charge >= 0.3 is 17.9 Å². The van der Waals surface area contributed by atoms with Crippen molar-refractivity contribution < 1.29 is 53.8 Å². The summed E-state index contributed by atoms with van der Waals surface area (Å²) >= 11 is 0. The molecule has 6 atom stereocenters. The third kappa shape index (κ3) is 26.0. The number of carbonyl (C=O) groups excluding carboxylic acids is 2. The van der Waals surface area contributed by atoms with E-state index >= 15 is 0 Å². The van der Waals surface area contributed by atoms with E-state index in [-0.39, 0.29) is 19.4 Å². The quantitative estimate of drug-likeness (QED) is 0.0307. The predicted octanol–water partition coefficient (Wildman–Crippen LogP) is 7.92. The van der Waals surface area contributed by atoms with Crippen LogP contribution < -0.4 is 0 Å². The first kappa shape index (κ1) is 49.4. The molecule has 1 aliphatic heterocycles. The summed E-state index contributed by atoms with van der Waals surface area (Å²) in [6.45, 7) is 3.52. The van der Waals surface area contributed by atoms with Gasteiger partial charge in [-0.1, -0.05) is 125 Å². The van der Waals surface area contributed by atoms with Gasteiger partial charge in [0.05, 0.1) is 6.61 Å². The Hall–Kier alpha value is -3.61. The van der Waals surface area contributed by atoms with E-state index in [1.54, 1.807) is 0 Å². The van der Waals surface area contributed by atoms with E-state index in [1.165, 1.54) is 0 Å². The minimum atomic E-state index is -1.87. The van der Waals surface area contributed by atoms with E-state index in [0.29, 0.717) is 12.8 Å². The van der Waals surface area contributed by atoms with Crippen LogP contribution in [0.25, 0.3) is 0 Å². The van der Waals surface area contributed by atoms with Gasteiger partial charge in [0.15, 0.2) is 18.5 Å². The maximum Gasteiger partial charge on any atom is 0.335 e. The Morgan fingerprint density at radius 3 is 1.69 bits per heavy atom. The summed E-state index contributed by atoms with van der Waals surface area (Å²) in [5.74, 6) is -2.58. The van der Waals surface area contributed by atoms with Crippen LogP contribution in [0.3, 0.4) is 0 Å². The Balaban J connectivity index is 2.47. The zero-order chi connectivity index (χ0) is 40.4. The molecule has 0 aromatic rings. The minimum absolute atomic E-state index is 0.104. The lowest BCUT2D eigenvalue weighted by Crippen LogP contribution is -2.60. The largest absolute Gasteiger partial charge is 0.479 e. The molecule has 0 aromatic carbocycles. The smallest absolute Gasteiger partial charge is 0.335 e. The molecule has 0 aliphatic carbocycles. The van der Waals surface area contributed by atoms with Crippen LogP contribution in [0.2, 0.25) is 0 Å². The lowest BCUT2D eigenvalue weighted by molar-refractivity contribution is -0.298. The molecule has 0 saturated carbocycles. The highest BCUT2D eigenvalue weighted by Crippen LogP contribution is 2.23. The minimum Gasteiger partial charge on any atom is -0.479 e. The number of aliphatic carboxylic acids is 1. The van der Waals surface area contributed by atoms with Crippen molar-refractivity contribution in [3.05, 3.63) is 85.1 Å². The second-order valence-corrected chi connectivity index (χ2v) is 13.4. The fourth-order valence-corrected chi connectivity index (χ4v) is 5.32. The highest BCUT2D eigenvalue weighted by atomic mass is 16.7. The summed E-state index contributed by atoms with van der Waals surface area (Å²) in [6.07, 6.45) is 33.8. The van der Waals surface area contributed by atoms with E-state index in [1.807, 2.05) is 12.2 Å². The molecule has 11 nitrogen and oxygen atoms in total. The summed E-state index contributed by atoms with van der Waals surface area (Å²) in [7, 11) is 0. The Labute approximate surface area is 329 Å². The molecule has 0 aromatic heterocycles. The molecule has 1 aliphatic rings. The molecular formula is C44H68O11. The van der Waals surface area contributed by atoms with Crippen molar-refractivity contribution in [1.29, 1.82) is 0 Å². The zero-order valence-corrected chi connectivity index (χ0v) is 33.1. The van der Waals surface area contributed by atoms with Crippen LogP contribution in [0.15, 0.2) is 85.1 Å². The van der Waals surface area contributed by atoms with Gasteiger partial charge in [-0.05, 0) is 70.6 Å². The Morgan fingerprint density at radius 1 is 0.582 bits per heavy atom. The normalized spacial score (nSPS) is 21.4. The molecule has 6 unspecified atom stereocenters. The van der Waals surface area contributed by atoms with Gasteiger partial charge in [-0.3, -0.25) is 9.59 Å². The number of aliphatic hydroxyl groups is 3. The number of aliphatic hydroxyl groups excluding tert-OH is 3.